The van der Waals surface area contributed by atoms with Crippen molar-refractivity contribution in [1.82, 2.24) is 0 Å². The molecule has 126 valence electrons. The molecule has 0 bridgehead atoms. The van der Waals surface area contributed by atoms with Crippen LogP contribution >= 0.6 is 23.4 Å². The lowest BCUT2D eigenvalue weighted by Gasteiger charge is -2.10. The molecule has 1 amide bonds. The van der Waals surface area contributed by atoms with E-state index >= 15 is 0 Å². The molecule has 24 heavy (non-hydrogen) atoms. The van der Waals surface area contributed by atoms with Crippen LogP contribution in [0.1, 0.15) is 5.56 Å². The molecule has 0 aromatic heterocycles. The van der Waals surface area contributed by atoms with E-state index in [1.54, 1.807) is 12.1 Å². The highest BCUT2D eigenvalue weighted by molar-refractivity contribution is 7.99. The summed E-state index contributed by atoms with van der Waals surface area (Å²) < 4.78 is 5.11. The lowest BCUT2D eigenvalue weighted by atomic mass is 10.2. The van der Waals surface area contributed by atoms with E-state index in [4.69, 9.17) is 16.3 Å². The number of anilines is 1. The van der Waals surface area contributed by atoms with Gasteiger partial charge in [-0.15, -0.1) is 11.8 Å². The molecule has 0 aliphatic carbocycles. The zero-order valence-electron chi connectivity index (χ0n) is 12.8. The van der Waals surface area contributed by atoms with Gasteiger partial charge in [0.1, 0.15) is 5.75 Å². The van der Waals surface area contributed by atoms with Gasteiger partial charge < -0.3 is 10.1 Å². The minimum Gasteiger partial charge on any atom is -0.495 e. The van der Waals surface area contributed by atoms with Gasteiger partial charge in [0.05, 0.1) is 23.5 Å². The van der Waals surface area contributed by atoms with E-state index < -0.39 is 4.92 Å². The Bertz CT molecular complexity index is 737. The third kappa shape index (κ3) is 5.14. The number of non-ortho nitro benzene ring substituents is 1. The van der Waals surface area contributed by atoms with Crippen LogP contribution in [0.25, 0.3) is 0 Å². The quantitative estimate of drug-likeness (QED) is 0.588. The van der Waals surface area contributed by atoms with E-state index in [0.29, 0.717) is 16.5 Å². The molecule has 0 aliphatic heterocycles. The first kappa shape index (κ1) is 18.1. The van der Waals surface area contributed by atoms with Gasteiger partial charge in [-0.3, -0.25) is 14.9 Å². The molecule has 0 aliphatic rings. The molecule has 0 unspecified atom stereocenters. The van der Waals surface area contributed by atoms with Gasteiger partial charge in [-0.25, -0.2) is 0 Å². The van der Waals surface area contributed by atoms with Crippen LogP contribution < -0.4 is 10.1 Å². The fourth-order valence-corrected chi connectivity index (χ4v) is 2.85. The van der Waals surface area contributed by atoms with Crippen LogP contribution in [-0.4, -0.2) is 23.7 Å². The number of hydrogen-bond donors (Lipinski definition) is 1. The second-order valence-corrected chi connectivity index (χ2v) is 6.23. The van der Waals surface area contributed by atoms with Crippen molar-refractivity contribution in [2.75, 3.05) is 18.2 Å². The van der Waals surface area contributed by atoms with Crippen LogP contribution in [0.15, 0.2) is 42.5 Å². The molecule has 0 spiro atoms. The summed E-state index contributed by atoms with van der Waals surface area (Å²) in [5.41, 5.74) is 1.23. The fourth-order valence-electron chi connectivity index (χ4n) is 1.94. The summed E-state index contributed by atoms with van der Waals surface area (Å²) in [5, 5.41) is 14.1. The van der Waals surface area contributed by atoms with E-state index in [1.807, 2.05) is 12.1 Å². The van der Waals surface area contributed by atoms with Crippen molar-refractivity contribution in [3.05, 3.63) is 63.2 Å². The fraction of sp³-hybridized carbons (Fsp3) is 0.188. The number of rotatable bonds is 7. The zero-order chi connectivity index (χ0) is 17.5. The van der Waals surface area contributed by atoms with Gasteiger partial charge in [0, 0.05) is 22.9 Å². The number of hydrogen-bond acceptors (Lipinski definition) is 5. The number of nitro groups is 1. The molecule has 1 N–H and O–H groups in total. The van der Waals surface area contributed by atoms with Crippen molar-refractivity contribution in [2.24, 2.45) is 0 Å². The highest BCUT2D eigenvalue weighted by Gasteiger charge is 2.13. The number of benzene rings is 2. The van der Waals surface area contributed by atoms with Crippen LogP contribution in [0.3, 0.4) is 0 Å². The van der Waals surface area contributed by atoms with Gasteiger partial charge in [0.15, 0.2) is 0 Å². The Labute approximate surface area is 148 Å². The second kappa shape index (κ2) is 8.56. The van der Waals surface area contributed by atoms with E-state index in [1.165, 1.54) is 37.1 Å². The first-order valence-electron chi connectivity index (χ1n) is 6.94. The van der Waals surface area contributed by atoms with Gasteiger partial charge in [-0.05, 0) is 23.8 Å². The van der Waals surface area contributed by atoms with Crippen LogP contribution in [0.5, 0.6) is 5.75 Å². The number of thioether (sulfide) groups is 1. The maximum Gasteiger partial charge on any atom is 0.271 e. The number of amides is 1. The number of methoxy groups -OCH3 is 1. The summed E-state index contributed by atoms with van der Waals surface area (Å²) in [4.78, 5) is 22.3. The molecule has 0 saturated heterocycles. The van der Waals surface area contributed by atoms with Crippen LogP contribution in [0.2, 0.25) is 5.02 Å². The molecule has 0 heterocycles. The molecule has 6 nitrogen and oxygen atoms in total. The van der Waals surface area contributed by atoms with E-state index in [9.17, 15) is 14.9 Å². The third-order valence-electron chi connectivity index (χ3n) is 3.08. The maximum atomic E-state index is 12.0. The SMILES string of the molecule is COc1ccc([N+](=O)[O-])cc1NC(=O)CSCc1ccc(Cl)cc1. The first-order valence-corrected chi connectivity index (χ1v) is 8.47. The number of carbonyl (C=O) groups excluding carboxylic acids is 1. The van der Waals surface area contributed by atoms with Crippen LogP contribution in [0.4, 0.5) is 11.4 Å². The Balaban J connectivity index is 1.93. The van der Waals surface area contributed by atoms with Gasteiger partial charge in [0.25, 0.3) is 5.69 Å². The monoisotopic (exact) mass is 366 g/mol. The summed E-state index contributed by atoms with van der Waals surface area (Å²) in [7, 11) is 1.44. The van der Waals surface area contributed by atoms with Gasteiger partial charge >= 0.3 is 0 Å². The van der Waals surface area contributed by atoms with Gasteiger partial charge in [-0.2, -0.15) is 0 Å². The first-order chi connectivity index (χ1) is 11.5. The number of nitrogens with zero attached hydrogens (tertiary/aromatic N) is 1. The van der Waals surface area contributed by atoms with Crippen LogP contribution in [0, 0.1) is 10.1 Å². The molecule has 2 aromatic rings. The maximum absolute atomic E-state index is 12.0. The van der Waals surface area contributed by atoms with Crippen molar-refractivity contribution in [3.63, 3.8) is 0 Å². The summed E-state index contributed by atoms with van der Waals surface area (Å²) >= 11 is 7.25. The lowest BCUT2D eigenvalue weighted by Crippen LogP contribution is -2.15. The second-order valence-electron chi connectivity index (χ2n) is 4.81. The van der Waals surface area contributed by atoms with Crippen molar-refractivity contribution < 1.29 is 14.5 Å². The number of nitrogens with one attached hydrogen (secondary N) is 1. The Kier molecular flexibility index (Phi) is 6.45. The topological polar surface area (TPSA) is 81.5 Å². The van der Waals surface area contributed by atoms with Crippen LogP contribution in [-0.2, 0) is 10.5 Å². The molecule has 8 heteroatoms. The van der Waals surface area contributed by atoms with E-state index in [0.717, 1.165) is 5.56 Å². The highest BCUT2D eigenvalue weighted by Crippen LogP contribution is 2.29. The average molecular weight is 367 g/mol. The summed E-state index contributed by atoms with van der Waals surface area (Å²) in [6.45, 7) is 0. The predicted molar refractivity (Wildman–Crippen MR) is 95.9 cm³/mol. The van der Waals surface area contributed by atoms with Gasteiger partial charge in [0.2, 0.25) is 5.91 Å². The van der Waals surface area contributed by atoms with E-state index in [2.05, 4.69) is 5.32 Å². The lowest BCUT2D eigenvalue weighted by molar-refractivity contribution is -0.384. The molecule has 0 saturated carbocycles. The number of halogens is 1. The van der Waals surface area contributed by atoms with Crippen molar-refractivity contribution >= 4 is 40.6 Å². The third-order valence-corrected chi connectivity index (χ3v) is 4.34. The molecular weight excluding hydrogens is 352 g/mol. The smallest absolute Gasteiger partial charge is 0.271 e. The number of ether oxygens (including phenoxy) is 1. The minimum atomic E-state index is -0.523. The molecule has 0 atom stereocenters. The molecule has 0 fully saturated rings. The van der Waals surface area contributed by atoms with Crippen molar-refractivity contribution in [3.8, 4) is 5.75 Å². The summed E-state index contributed by atoms with van der Waals surface area (Å²) in [6.07, 6.45) is 0. The Morgan fingerprint density at radius 3 is 2.62 bits per heavy atom. The Morgan fingerprint density at radius 2 is 2.00 bits per heavy atom. The standard InChI is InChI=1S/C16H15ClN2O4S/c1-23-15-7-6-13(19(21)22)8-14(15)18-16(20)10-24-9-11-2-4-12(17)5-3-11/h2-8H,9-10H2,1H3,(H,18,20). The van der Waals surface area contributed by atoms with Crippen molar-refractivity contribution in [2.45, 2.75) is 5.75 Å². The summed E-state index contributed by atoms with van der Waals surface area (Å²) in [5.74, 6) is 0.995. The Hall–Kier alpha value is -2.25. The van der Waals surface area contributed by atoms with Gasteiger partial charge in [-0.1, -0.05) is 23.7 Å². The molecule has 0 radical (unpaired) electrons. The zero-order valence-corrected chi connectivity index (χ0v) is 14.4. The number of nitro benzene ring substituents is 1. The minimum absolute atomic E-state index is 0.111. The predicted octanol–water partition coefficient (Wildman–Crippen LogP) is 4.13. The highest BCUT2D eigenvalue weighted by atomic mass is 35.5. The molecule has 2 aromatic carbocycles. The average Bonchev–Trinajstić information content (AvgIpc) is 2.56. The summed E-state index contributed by atoms with van der Waals surface area (Å²) in [6, 6.07) is 11.4. The Morgan fingerprint density at radius 1 is 1.29 bits per heavy atom. The largest absolute Gasteiger partial charge is 0.495 e. The van der Waals surface area contributed by atoms with E-state index in [-0.39, 0.29) is 23.0 Å². The normalized spacial score (nSPS) is 10.2. The number of carbonyl (C=O) groups is 1. The molecular formula is C16H15ClN2O4S. The van der Waals surface area contributed by atoms with Crippen molar-refractivity contribution in [1.29, 1.82) is 0 Å². The molecule has 2 rings (SSSR count).